The van der Waals surface area contributed by atoms with Gasteiger partial charge in [0.2, 0.25) is 11.1 Å². The lowest BCUT2D eigenvalue weighted by molar-refractivity contribution is -0.120. The summed E-state index contributed by atoms with van der Waals surface area (Å²) < 4.78 is 1.76. The van der Waals surface area contributed by atoms with Crippen molar-refractivity contribution in [2.45, 2.75) is 71.5 Å². The van der Waals surface area contributed by atoms with Gasteiger partial charge in [0.1, 0.15) is 5.54 Å². The van der Waals surface area contributed by atoms with Gasteiger partial charge in [-0.25, -0.2) is 9.50 Å². The third-order valence-corrected chi connectivity index (χ3v) is 5.77. The molecule has 2 rings (SSSR count). The molecule has 0 aliphatic rings. The van der Waals surface area contributed by atoms with Gasteiger partial charge in [0.25, 0.3) is 5.78 Å². The Hall–Kier alpha value is -2.14. The molecule has 1 amide bonds. The number of aromatic nitrogens is 4. The first-order valence-corrected chi connectivity index (χ1v) is 10.3. The first-order valence-electron chi connectivity index (χ1n) is 9.29. The lowest BCUT2D eigenvalue weighted by Gasteiger charge is -2.27. The molecule has 8 heteroatoms. The minimum absolute atomic E-state index is 0.0149. The number of carbonyl (C=O) groups excluding carboxylic acids is 1. The fourth-order valence-electron chi connectivity index (χ4n) is 2.72. The number of hydrogen-bond acceptors (Lipinski definition) is 6. The lowest BCUT2D eigenvalue weighted by Crippen LogP contribution is -2.49. The normalized spacial score (nSPS) is 13.6. The van der Waals surface area contributed by atoms with Gasteiger partial charge in [-0.2, -0.15) is 10.2 Å². The van der Waals surface area contributed by atoms with Gasteiger partial charge < -0.3 is 5.32 Å². The molecule has 2 aromatic rings. The Bertz CT molecular complexity index is 869. The summed E-state index contributed by atoms with van der Waals surface area (Å²) in [6.45, 7) is 11.8. The zero-order valence-electron chi connectivity index (χ0n) is 17.0. The first-order chi connectivity index (χ1) is 12.7. The van der Waals surface area contributed by atoms with Crippen molar-refractivity contribution in [2.75, 3.05) is 5.75 Å². The van der Waals surface area contributed by atoms with Crippen molar-refractivity contribution < 1.29 is 4.79 Å². The van der Waals surface area contributed by atoms with E-state index in [2.05, 4.69) is 33.4 Å². The monoisotopic (exact) mass is 388 g/mol. The van der Waals surface area contributed by atoms with Gasteiger partial charge in [0.15, 0.2) is 0 Å². The predicted octanol–water partition coefficient (Wildman–Crippen LogP) is 3.23. The molecular formula is C19H28N6OS. The summed E-state index contributed by atoms with van der Waals surface area (Å²) in [4.78, 5) is 21.2. The van der Waals surface area contributed by atoms with Gasteiger partial charge in [-0.05, 0) is 45.1 Å². The van der Waals surface area contributed by atoms with Crippen LogP contribution >= 0.6 is 11.8 Å². The minimum Gasteiger partial charge on any atom is -0.337 e. The van der Waals surface area contributed by atoms with Crippen LogP contribution in [0.15, 0.2) is 5.16 Å². The second-order valence-electron chi connectivity index (χ2n) is 7.28. The molecule has 0 radical (unpaired) electrons. The number of nitriles is 1. The molecule has 1 N–H and O–H groups in total. The van der Waals surface area contributed by atoms with Crippen LogP contribution in [0.4, 0.5) is 0 Å². The third-order valence-electron chi connectivity index (χ3n) is 4.93. The molecule has 0 spiro atoms. The van der Waals surface area contributed by atoms with Crippen molar-refractivity contribution in [3.8, 4) is 6.07 Å². The Morgan fingerprint density at radius 2 is 2.07 bits per heavy atom. The summed E-state index contributed by atoms with van der Waals surface area (Å²) in [7, 11) is 0. The van der Waals surface area contributed by atoms with Crippen molar-refractivity contribution in [3.63, 3.8) is 0 Å². The second-order valence-corrected chi connectivity index (χ2v) is 8.22. The summed E-state index contributed by atoms with van der Waals surface area (Å²) in [5.74, 6) is 0.515. The van der Waals surface area contributed by atoms with E-state index in [4.69, 9.17) is 0 Å². The average molecular weight is 389 g/mol. The molecule has 0 saturated heterocycles. The third kappa shape index (κ3) is 4.78. The van der Waals surface area contributed by atoms with E-state index in [1.54, 1.807) is 11.4 Å². The molecule has 27 heavy (non-hydrogen) atoms. The largest absolute Gasteiger partial charge is 0.337 e. The number of thioether (sulfide) groups is 1. The van der Waals surface area contributed by atoms with Gasteiger partial charge in [-0.15, -0.1) is 5.10 Å². The van der Waals surface area contributed by atoms with E-state index in [1.165, 1.54) is 17.3 Å². The van der Waals surface area contributed by atoms with Crippen LogP contribution in [-0.2, 0) is 11.2 Å². The molecule has 1 atom stereocenters. The number of amides is 1. The number of nitrogens with one attached hydrogen (secondary N) is 1. The minimum atomic E-state index is -0.882. The molecule has 0 aliphatic heterocycles. The van der Waals surface area contributed by atoms with Crippen LogP contribution in [0.1, 0.15) is 57.5 Å². The van der Waals surface area contributed by atoms with Crippen LogP contribution in [0.25, 0.3) is 5.78 Å². The van der Waals surface area contributed by atoms with Crippen molar-refractivity contribution >= 4 is 23.4 Å². The second kappa shape index (κ2) is 8.70. The van der Waals surface area contributed by atoms with Crippen molar-refractivity contribution in [1.82, 2.24) is 24.9 Å². The number of unbranched alkanes of at least 4 members (excludes halogenated alkanes) is 1. The van der Waals surface area contributed by atoms with Crippen LogP contribution in [0, 0.1) is 31.1 Å². The highest BCUT2D eigenvalue weighted by Crippen LogP contribution is 2.20. The Kier molecular flexibility index (Phi) is 6.82. The first kappa shape index (κ1) is 21.2. The number of rotatable bonds is 8. The van der Waals surface area contributed by atoms with E-state index >= 15 is 0 Å². The van der Waals surface area contributed by atoms with Gasteiger partial charge in [-0.3, -0.25) is 4.79 Å². The van der Waals surface area contributed by atoms with Crippen LogP contribution in [0.5, 0.6) is 0 Å². The van der Waals surface area contributed by atoms with Crippen LogP contribution in [0.3, 0.4) is 0 Å². The van der Waals surface area contributed by atoms with E-state index in [-0.39, 0.29) is 17.6 Å². The SMILES string of the molecule is CCCCc1c(C)nc2nc(SCC(=O)NC(C)(C#N)C(C)C)nn2c1C. The highest BCUT2D eigenvalue weighted by molar-refractivity contribution is 7.99. The van der Waals surface area contributed by atoms with Crippen LogP contribution in [0.2, 0.25) is 0 Å². The molecule has 0 aliphatic carbocycles. The standard InChI is InChI=1S/C19H28N6OS/c1-7-8-9-15-13(4)21-17-22-18(24-25(17)14(15)5)27-10-16(26)23-19(6,11-20)12(2)3/h12H,7-10H2,1-6H3,(H,23,26). The van der Waals surface area contributed by atoms with Gasteiger partial charge in [0.05, 0.1) is 11.8 Å². The lowest BCUT2D eigenvalue weighted by atomic mass is 9.90. The van der Waals surface area contributed by atoms with Crippen molar-refractivity contribution in [2.24, 2.45) is 5.92 Å². The molecule has 0 saturated carbocycles. The number of aryl methyl sites for hydroxylation is 2. The topological polar surface area (TPSA) is 96.0 Å². The highest BCUT2D eigenvalue weighted by atomic mass is 32.2. The number of fused-ring (bicyclic) bond motifs is 1. The van der Waals surface area contributed by atoms with E-state index in [9.17, 15) is 10.1 Å². The average Bonchev–Trinajstić information content (AvgIpc) is 3.02. The Labute approximate surface area is 165 Å². The summed E-state index contributed by atoms with van der Waals surface area (Å²) in [6.07, 6.45) is 3.21. The smallest absolute Gasteiger partial charge is 0.253 e. The van der Waals surface area contributed by atoms with E-state index < -0.39 is 5.54 Å². The summed E-state index contributed by atoms with van der Waals surface area (Å²) in [5.41, 5.74) is 2.36. The van der Waals surface area contributed by atoms with E-state index in [0.717, 1.165) is 30.7 Å². The van der Waals surface area contributed by atoms with Gasteiger partial charge in [0, 0.05) is 11.4 Å². The summed E-state index contributed by atoms with van der Waals surface area (Å²) in [5, 5.41) is 17.1. The predicted molar refractivity (Wildman–Crippen MR) is 107 cm³/mol. The number of nitrogens with zero attached hydrogens (tertiary/aromatic N) is 5. The maximum atomic E-state index is 12.2. The quantitative estimate of drug-likeness (QED) is 0.698. The Morgan fingerprint density at radius 3 is 2.67 bits per heavy atom. The zero-order chi connectivity index (χ0) is 20.2. The van der Waals surface area contributed by atoms with Crippen molar-refractivity contribution in [1.29, 1.82) is 5.26 Å². The molecule has 146 valence electrons. The van der Waals surface area contributed by atoms with E-state index in [0.29, 0.717) is 10.9 Å². The van der Waals surface area contributed by atoms with Crippen LogP contribution < -0.4 is 5.32 Å². The van der Waals surface area contributed by atoms with Crippen LogP contribution in [-0.4, -0.2) is 36.8 Å². The highest BCUT2D eigenvalue weighted by Gasteiger charge is 2.30. The number of hydrogen-bond donors (Lipinski definition) is 1. The molecule has 7 nitrogen and oxygen atoms in total. The fraction of sp³-hybridized carbons (Fsp3) is 0.632. The Morgan fingerprint density at radius 1 is 1.37 bits per heavy atom. The maximum absolute atomic E-state index is 12.2. The van der Waals surface area contributed by atoms with Gasteiger partial charge in [-0.1, -0.05) is 39.0 Å². The molecule has 0 aromatic carbocycles. The molecular weight excluding hydrogens is 360 g/mol. The van der Waals surface area contributed by atoms with Crippen molar-refractivity contribution in [3.05, 3.63) is 17.0 Å². The molecule has 0 bridgehead atoms. The molecule has 0 fully saturated rings. The molecule has 2 aromatic heterocycles. The molecule has 1 unspecified atom stereocenters. The maximum Gasteiger partial charge on any atom is 0.253 e. The molecule has 2 heterocycles. The zero-order valence-corrected chi connectivity index (χ0v) is 17.8. The fourth-order valence-corrected chi connectivity index (χ4v) is 3.34. The summed E-state index contributed by atoms with van der Waals surface area (Å²) >= 11 is 1.25. The Balaban J connectivity index is 2.13. The number of carbonyl (C=O) groups is 1. The van der Waals surface area contributed by atoms with Gasteiger partial charge >= 0.3 is 0 Å². The summed E-state index contributed by atoms with van der Waals surface area (Å²) in [6, 6.07) is 2.18. The van der Waals surface area contributed by atoms with E-state index in [1.807, 2.05) is 27.7 Å².